The van der Waals surface area contributed by atoms with E-state index in [2.05, 4.69) is 173 Å². The van der Waals surface area contributed by atoms with Crippen LogP contribution in [0.2, 0.25) is 0 Å². The second-order valence-electron chi connectivity index (χ2n) is 14.3. The first-order valence-electron chi connectivity index (χ1n) is 18.7. The van der Waals surface area contributed by atoms with Crippen molar-refractivity contribution in [3.05, 3.63) is 188 Å². The van der Waals surface area contributed by atoms with Gasteiger partial charge in [-0.3, -0.25) is 4.98 Å². The highest BCUT2D eigenvalue weighted by Crippen LogP contribution is 2.44. The summed E-state index contributed by atoms with van der Waals surface area (Å²) in [6.45, 7) is 0. The molecule has 256 valence electrons. The molecule has 8 aromatic carbocycles. The smallest absolute Gasteiger partial charge is 0.143 e. The van der Waals surface area contributed by atoms with Crippen LogP contribution in [0.5, 0.6) is 0 Å². The Balaban J connectivity index is 1.15. The fourth-order valence-corrected chi connectivity index (χ4v) is 9.07. The summed E-state index contributed by atoms with van der Waals surface area (Å²) in [5, 5.41) is 9.50. The van der Waals surface area contributed by atoms with E-state index in [4.69, 9.17) is 9.40 Å². The fraction of sp³-hybridized carbons (Fsp3) is 0. The Labute approximate surface area is 315 Å². The average Bonchev–Trinajstić information content (AvgIpc) is 3.91. The van der Waals surface area contributed by atoms with Gasteiger partial charge in [-0.15, -0.1) is 0 Å². The number of aromatic nitrogens is 3. The highest BCUT2D eigenvalue weighted by Gasteiger charge is 2.22. The van der Waals surface area contributed by atoms with Crippen LogP contribution in [0.3, 0.4) is 0 Å². The van der Waals surface area contributed by atoms with E-state index in [1.54, 1.807) is 0 Å². The number of nitrogens with zero attached hydrogens (tertiary/aromatic N) is 3. The molecular weight excluding hydrogens is 671 g/mol. The molecule has 4 heterocycles. The van der Waals surface area contributed by atoms with Crippen LogP contribution < -0.4 is 0 Å². The van der Waals surface area contributed by atoms with Crippen LogP contribution in [0.4, 0.5) is 0 Å². The maximum atomic E-state index is 6.49. The Morgan fingerprint density at radius 1 is 0.400 bits per heavy atom. The van der Waals surface area contributed by atoms with E-state index in [1.807, 2.05) is 24.5 Å². The summed E-state index contributed by atoms with van der Waals surface area (Å²) in [5.74, 6) is 0. The zero-order valence-corrected chi connectivity index (χ0v) is 29.6. The standard InChI is InChI=1S/C51H31N3O/c1-2-13-32(14-3-1)35-18-10-21-38-37(35)20-12-25-45(38)54-46-24-8-5-17-43(46)49-47(54)28-27-41-39-15-4-7-23-44(39)53(50(41)49)34-29-33(30-52-31-34)36-19-11-22-42-40-16-6-9-26-48(40)55-51(36)42/h1-31H. The third kappa shape index (κ3) is 4.31. The van der Waals surface area contributed by atoms with Crippen molar-refractivity contribution < 1.29 is 4.42 Å². The van der Waals surface area contributed by atoms with Gasteiger partial charge in [0.15, 0.2) is 0 Å². The Hall–Kier alpha value is -7.43. The molecule has 0 bridgehead atoms. The number of para-hydroxylation sites is 4. The van der Waals surface area contributed by atoms with Crippen molar-refractivity contribution in [3.8, 4) is 33.6 Å². The van der Waals surface area contributed by atoms with Gasteiger partial charge in [-0.05, 0) is 52.9 Å². The summed E-state index contributed by atoms with van der Waals surface area (Å²) in [7, 11) is 0. The molecule has 0 aliphatic rings. The maximum absolute atomic E-state index is 6.49. The minimum absolute atomic E-state index is 0.876. The van der Waals surface area contributed by atoms with E-state index >= 15 is 0 Å². The topological polar surface area (TPSA) is 35.9 Å². The molecule has 0 radical (unpaired) electrons. The molecule has 4 nitrogen and oxygen atoms in total. The number of benzene rings is 8. The van der Waals surface area contributed by atoms with Crippen LogP contribution in [0.25, 0.3) is 110 Å². The number of pyridine rings is 1. The van der Waals surface area contributed by atoms with Crippen molar-refractivity contribution in [1.82, 2.24) is 14.1 Å². The van der Waals surface area contributed by atoms with Crippen molar-refractivity contribution in [2.75, 3.05) is 0 Å². The molecular formula is C51H31N3O. The molecule has 0 N–H and O–H groups in total. The van der Waals surface area contributed by atoms with Crippen LogP contribution in [0.15, 0.2) is 193 Å². The summed E-state index contributed by atoms with van der Waals surface area (Å²) >= 11 is 0. The molecule has 4 heteroatoms. The highest BCUT2D eigenvalue weighted by atomic mass is 16.3. The van der Waals surface area contributed by atoms with E-state index in [1.165, 1.54) is 54.5 Å². The molecule has 4 aromatic heterocycles. The van der Waals surface area contributed by atoms with Gasteiger partial charge >= 0.3 is 0 Å². The molecule has 0 amide bonds. The van der Waals surface area contributed by atoms with Crippen molar-refractivity contribution in [3.63, 3.8) is 0 Å². The number of fused-ring (bicyclic) bond motifs is 11. The maximum Gasteiger partial charge on any atom is 0.143 e. The minimum atomic E-state index is 0.876. The van der Waals surface area contributed by atoms with Crippen LogP contribution >= 0.6 is 0 Å². The molecule has 0 saturated carbocycles. The minimum Gasteiger partial charge on any atom is -0.455 e. The zero-order valence-electron chi connectivity index (χ0n) is 29.6. The van der Waals surface area contributed by atoms with Crippen LogP contribution in [0.1, 0.15) is 0 Å². The van der Waals surface area contributed by atoms with Crippen molar-refractivity contribution in [1.29, 1.82) is 0 Å². The van der Waals surface area contributed by atoms with E-state index in [-0.39, 0.29) is 0 Å². The van der Waals surface area contributed by atoms with Gasteiger partial charge in [-0.2, -0.15) is 0 Å². The van der Waals surface area contributed by atoms with E-state index in [0.29, 0.717) is 0 Å². The molecule has 0 atom stereocenters. The third-order valence-corrected chi connectivity index (χ3v) is 11.4. The quantitative estimate of drug-likeness (QED) is 0.183. The van der Waals surface area contributed by atoms with Gasteiger partial charge in [0.25, 0.3) is 0 Å². The van der Waals surface area contributed by atoms with Gasteiger partial charge in [0.05, 0.1) is 39.6 Å². The van der Waals surface area contributed by atoms with E-state index < -0.39 is 0 Å². The summed E-state index contributed by atoms with van der Waals surface area (Å²) in [5.41, 5.74) is 13.0. The van der Waals surface area contributed by atoms with Crippen LogP contribution in [-0.2, 0) is 0 Å². The van der Waals surface area contributed by atoms with Crippen molar-refractivity contribution in [2.45, 2.75) is 0 Å². The van der Waals surface area contributed by atoms with Gasteiger partial charge in [0.1, 0.15) is 11.2 Å². The highest BCUT2D eigenvalue weighted by molar-refractivity contribution is 6.26. The normalized spacial score (nSPS) is 12.0. The molecule has 12 aromatic rings. The fourth-order valence-electron chi connectivity index (χ4n) is 9.07. The molecule has 0 aliphatic heterocycles. The lowest BCUT2D eigenvalue weighted by molar-refractivity contribution is 0.670. The first-order valence-corrected chi connectivity index (χ1v) is 18.7. The van der Waals surface area contributed by atoms with E-state index in [0.717, 1.165) is 55.5 Å². The van der Waals surface area contributed by atoms with Crippen molar-refractivity contribution in [2.24, 2.45) is 0 Å². The van der Waals surface area contributed by atoms with Crippen LogP contribution in [0, 0.1) is 0 Å². The van der Waals surface area contributed by atoms with Gasteiger partial charge in [-0.1, -0.05) is 140 Å². The van der Waals surface area contributed by atoms with Gasteiger partial charge in [0, 0.05) is 55.0 Å². The second-order valence-corrected chi connectivity index (χ2v) is 14.3. The number of hydrogen-bond donors (Lipinski definition) is 0. The molecule has 12 rings (SSSR count). The molecule has 0 unspecified atom stereocenters. The van der Waals surface area contributed by atoms with Crippen molar-refractivity contribution >= 4 is 76.3 Å². The predicted molar refractivity (Wildman–Crippen MR) is 229 cm³/mol. The summed E-state index contributed by atoms with van der Waals surface area (Å²) in [6, 6.07) is 63.1. The Bertz CT molecular complexity index is 3490. The molecule has 55 heavy (non-hydrogen) atoms. The lowest BCUT2D eigenvalue weighted by Crippen LogP contribution is -1.97. The Morgan fingerprint density at radius 2 is 1.07 bits per heavy atom. The monoisotopic (exact) mass is 701 g/mol. The summed E-state index contributed by atoms with van der Waals surface area (Å²) in [6.07, 6.45) is 3.94. The second kappa shape index (κ2) is 11.5. The largest absolute Gasteiger partial charge is 0.455 e. The van der Waals surface area contributed by atoms with E-state index in [9.17, 15) is 0 Å². The summed E-state index contributed by atoms with van der Waals surface area (Å²) < 4.78 is 11.4. The lowest BCUT2D eigenvalue weighted by Gasteiger charge is -2.14. The van der Waals surface area contributed by atoms with Crippen LogP contribution in [-0.4, -0.2) is 14.1 Å². The Morgan fingerprint density at radius 3 is 1.95 bits per heavy atom. The molecule has 0 fully saturated rings. The number of hydrogen-bond acceptors (Lipinski definition) is 2. The van der Waals surface area contributed by atoms with Gasteiger partial charge in [-0.25, -0.2) is 0 Å². The lowest BCUT2D eigenvalue weighted by atomic mass is 9.97. The van der Waals surface area contributed by atoms with Gasteiger partial charge in [0.2, 0.25) is 0 Å². The molecule has 0 spiro atoms. The molecule has 0 aliphatic carbocycles. The Kier molecular flexibility index (Phi) is 6.31. The van der Waals surface area contributed by atoms with Gasteiger partial charge < -0.3 is 13.6 Å². The molecule has 0 saturated heterocycles. The first-order chi connectivity index (χ1) is 27.3. The SMILES string of the molecule is c1ccc(-c2cccc3c(-n4c5ccccc5c5c4ccc4c6ccccc6n(-c6cncc(-c7cccc8c7oc7ccccc78)c6)c45)cccc23)cc1. The first kappa shape index (κ1) is 30.1. The summed E-state index contributed by atoms with van der Waals surface area (Å²) in [4.78, 5) is 4.89. The number of rotatable bonds is 4. The zero-order chi connectivity index (χ0) is 36.0. The number of furan rings is 1. The predicted octanol–water partition coefficient (Wildman–Crippen LogP) is 13.7. The third-order valence-electron chi connectivity index (χ3n) is 11.4. The average molecular weight is 702 g/mol.